The SMILES string of the molecule is N#Cc1ccc2c(c1)C(c1ccccc1)(c1ccccc1)c1cc(-c3ccc(-c4cc(-c5ccccc5)nc(-c5ccc(-c6ccccc6)cc5)n4)cc3)ccc1-2. The van der Waals surface area contributed by atoms with E-state index >= 15 is 0 Å². The van der Waals surface area contributed by atoms with Crippen molar-refractivity contribution in [2.45, 2.75) is 5.41 Å². The lowest BCUT2D eigenvalue weighted by Gasteiger charge is -2.34. The Labute approximate surface area is 332 Å². The summed E-state index contributed by atoms with van der Waals surface area (Å²) >= 11 is 0. The zero-order valence-corrected chi connectivity index (χ0v) is 31.0. The van der Waals surface area contributed by atoms with Gasteiger partial charge in [-0.05, 0) is 79.9 Å². The fraction of sp³-hybridized carbons (Fsp3) is 0.0185. The first-order valence-corrected chi connectivity index (χ1v) is 19.2. The summed E-state index contributed by atoms with van der Waals surface area (Å²) in [5, 5.41) is 10.0. The Balaban J connectivity index is 1.07. The molecule has 3 nitrogen and oxygen atoms in total. The van der Waals surface area contributed by atoms with Gasteiger partial charge >= 0.3 is 0 Å². The Morgan fingerprint density at radius 2 is 0.754 bits per heavy atom. The molecule has 0 N–H and O–H groups in total. The van der Waals surface area contributed by atoms with E-state index in [1.165, 1.54) is 27.8 Å². The molecule has 266 valence electrons. The normalized spacial score (nSPS) is 12.3. The van der Waals surface area contributed by atoms with Crippen molar-refractivity contribution < 1.29 is 0 Å². The maximum Gasteiger partial charge on any atom is 0.160 e. The zero-order valence-electron chi connectivity index (χ0n) is 31.0. The molecular formula is C54H35N3. The first-order chi connectivity index (χ1) is 28.2. The van der Waals surface area contributed by atoms with E-state index in [2.05, 4.69) is 188 Å². The van der Waals surface area contributed by atoms with Crippen molar-refractivity contribution in [2.24, 2.45) is 0 Å². The fourth-order valence-electron chi connectivity index (χ4n) is 8.49. The van der Waals surface area contributed by atoms with Crippen molar-refractivity contribution in [3.63, 3.8) is 0 Å². The summed E-state index contributed by atoms with van der Waals surface area (Å²) in [5.41, 5.74) is 16.4. The van der Waals surface area contributed by atoms with Crippen LogP contribution in [0.5, 0.6) is 0 Å². The highest BCUT2D eigenvalue weighted by Gasteiger charge is 2.46. The zero-order chi connectivity index (χ0) is 38.2. The van der Waals surface area contributed by atoms with E-state index < -0.39 is 5.41 Å². The number of rotatable bonds is 7. The van der Waals surface area contributed by atoms with Gasteiger partial charge in [0.25, 0.3) is 0 Å². The smallest absolute Gasteiger partial charge is 0.160 e. The topological polar surface area (TPSA) is 49.6 Å². The van der Waals surface area contributed by atoms with Crippen LogP contribution >= 0.6 is 0 Å². The van der Waals surface area contributed by atoms with Gasteiger partial charge in [0.2, 0.25) is 0 Å². The maximum atomic E-state index is 10.0. The van der Waals surface area contributed by atoms with Crippen LogP contribution in [0.2, 0.25) is 0 Å². The van der Waals surface area contributed by atoms with Crippen molar-refractivity contribution in [1.29, 1.82) is 5.26 Å². The van der Waals surface area contributed by atoms with Crippen LogP contribution in [0.15, 0.2) is 212 Å². The Morgan fingerprint density at radius 1 is 0.351 bits per heavy atom. The molecule has 0 radical (unpaired) electrons. The third-order valence-corrected chi connectivity index (χ3v) is 11.2. The van der Waals surface area contributed by atoms with Gasteiger partial charge in [-0.15, -0.1) is 0 Å². The quantitative estimate of drug-likeness (QED) is 0.164. The summed E-state index contributed by atoms with van der Waals surface area (Å²) in [6, 6.07) is 76.8. The number of fused-ring (bicyclic) bond motifs is 3. The first kappa shape index (κ1) is 33.9. The lowest BCUT2D eigenvalue weighted by atomic mass is 9.67. The van der Waals surface area contributed by atoms with Crippen LogP contribution in [0.25, 0.3) is 67.3 Å². The number of hydrogen-bond donors (Lipinski definition) is 0. The van der Waals surface area contributed by atoms with Crippen molar-refractivity contribution in [2.75, 3.05) is 0 Å². The lowest BCUT2D eigenvalue weighted by molar-refractivity contribution is 0.768. The van der Waals surface area contributed by atoms with Crippen molar-refractivity contribution in [3.05, 3.63) is 240 Å². The highest BCUT2D eigenvalue weighted by molar-refractivity contribution is 5.89. The second kappa shape index (κ2) is 14.2. The van der Waals surface area contributed by atoms with Gasteiger partial charge < -0.3 is 0 Å². The summed E-state index contributed by atoms with van der Waals surface area (Å²) in [4.78, 5) is 10.2. The second-order valence-electron chi connectivity index (χ2n) is 14.5. The molecule has 0 fully saturated rings. The molecule has 1 aliphatic rings. The molecule has 57 heavy (non-hydrogen) atoms. The van der Waals surface area contributed by atoms with Crippen LogP contribution in [0.1, 0.15) is 27.8 Å². The number of nitrogens with zero attached hydrogens (tertiary/aromatic N) is 3. The number of hydrogen-bond acceptors (Lipinski definition) is 3. The molecule has 1 aliphatic carbocycles. The minimum atomic E-state index is -0.597. The molecule has 1 heterocycles. The Morgan fingerprint density at radius 3 is 1.32 bits per heavy atom. The van der Waals surface area contributed by atoms with Gasteiger partial charge in [-0.1, -0.05) is 188 Å². The minimum Gasteiger partial charge on any atom is -0.228 e. The van der Waals surface area contributed by atoms with Gasteiger partial charge in [0.1, 0.15) is 0 Å². The van der Waals surface area contributed by atoms with E-state index in [1.54, 1.807) is 0 Å². The molecule has 0 bridgehead atoms. The molecule has 1 aromatic heterocycles. The Kier molecular flexibility index (Phi) is 8.43. The first-order valence-electron chi connectivity index (χ1n) is 19.2. The molecule has 0 amide bonds. The molecular weight excluding hydrogens is 691 g/mol. The van der Waals surface area contributed by atoms with Crippen LogP contribution in [0.4, 0.5) is 0 Å². The van der Waals surface area contributed by atoms with E-state index in [1.807, 2.05) is 30.3 Å². The third kappa shape index (κ3) is 5.92. The molecule has 9 aromatic rings. The van der Waals surface area contributed by atoms with Crippen LogP contribution in [-0.4, -0.2) is 9.97 Å². The molecule has 3 heteroatoms. The molecule has 0 saturated carbocycles. The molecule has 0 atom stereocenters. The molecule has 10 rings (SSSR count). The second-order valence-corrected chi connectivity index (χ2v) is 14.5. The van der Waals surface area contributed by atoms with Gasteiger partial charge in [0.05, 0.1) is 28.4 Å². The summed E-state index contributed by atoms with van der Waals surface area (Å²) in [5.74, 6) is 0.686. The summed E-state index contributed by atoms with van der Waals surface area (Å²) < 4.78 is 0. The number of benzene rings is 8. The van der Waals surface area contributed by atoms with Gasteiger partial charge in [0.15, 0.2) is 5.82 Å². The van der Waals surface area contributed by atoms with E-state index in [0.717, 1.165) is 55.9 Å². The third-order valence-electron chi connectivity index (χ3n) is 11.2. The molecule has 0 spiro atoms. The molecule has 0 aliphatic heterocycles. The number of aromatic nitrogens is 2. The summed E-state index contributed by atoms with van der Waals surface area (Å²) in [7, 11) is 0. The fourth-order valence-corrected chi connectivity index (χ4v) is 8.49. The largest absolute Gasteiger partial charge is 0.228 e. The summed E-state index contributed by atoms with van der Waals surface area (Å²) in [6.07, 6.45) is 0. The number of nitriles is 1. The standard InChI is InChI=1S/C54H35N3/c55-36-37-21-31-47-48-32-30-44(34-50(48)54(49(47)33-37,45-17-9-3-10-18-45)46-19-11-4-12-20-46)40-22-26-42(27-23-40)52-35-51(41-15-7-2-8-16-41)56-53(57-52)43-28-24-39(25-29-43)38-13-5-1-6-14-38/h1-35H. The predicted octanol–water partition coefficient (Wildman–Crippen LogP) is 13.0. The monoisotopic (exact) mass is 725 g/mol. The highest BCUT2D eigenvalue weighted by atomic mass is 14.9. The van der Waals surface area contributed by atoms with Gasteiger partial charge in [-0.2, -0.15) is 5.26 Å². The highest BCUT2D eigenvalue weighted by Crippen LogP contribution is 2.57. The van der Waals surface area contributed by atoms with Crippen LogP contribution in [-0.2, 0) is 5.41 Å². The average Bonchev–Trinajstić information content (AvgIpc) is 3.59. The lowest BCUT2D eigenvalue weighted by Crippen LogP contribution is -2.28. The van der Waals surface area contributed by atoms with E-state index in [4.69, 9.17) is 9.97 Å². The van der Waals surface area contributed by atoms with E-state index in [9.17, 15) is 5.26 Å². The van der Waals surface area contributed by atoms with Crippen LogP contribution in [0, 0.1) is 11.3 Å². The Hall–Kier alpha value is -7.67. The minimum absolute atomic E-state index is 0.597. The van der Waals surface area contributed by atoms with Gasteiger partial charge in [0, 0.05) is 16.7 Å². The van der Waals surface area contributed by atoms with E-state index in [0.29, 0.717) is 11.4 Å². The molecule has 0 saturated heterocycles. The van der Waals surface area contributed by atoms with E-state index in [-0.39, 0.29) is 0 Å². The van der Waals surface area contributed by atoms with Gasteiger partial charge in [-0.25, -0.2) is 9.97 Å². The van der Waals surface area contributed by atoms with Crippen molar-refractivity contribution >= 4 is 0 Å². The van der Waals surface area contributed by atoms with Crippen molar-refractivity contribution in [1.82, 2.24) is 9.97 Å². The predicted molar refractivity (Wildman–Crippen MR) is 231 cm³/mol. The molecule has 0 unspecified atom stereocenters. The summed E-state index contributed by atoms with van der Waals surface area (Å²) in [6.45, 7) is 0. The Bertz CT molecular complexity index is 2880. The average molecular weight is 726 g/mol. The maximum absolute atomic E-state index is 10.0. The molecule has 8 aromatic carbocycles. The van der Waals surface area contributed by atoms with Gasteiger partial charge in [-0.3, -0.25) is 0 Å². The van der Waals surface area contributed by atoms with Crippen LogP contribution in [0.3, 0.4) is 0 Å². The van der Waals surface area contributed by atoms with Crippen molar-refractivity contribution in [3.8, 4) is 73.4 Å². The van der Waals surface area contributed by atoms with Crippen LogP contribution < -0.4 is 0 Å².